The summed E-state index contributed by atoms with van der Waals surface area (Å²) in [6.45, 7) is 0. The number of benzene rings is 1. The van der Waals surface area contributed by atoms with Crippen molar-refractivity contribution in [2.45, 2.75) is 6.04 Å². The van der Waals surface area contributed by atoms with Crippen molar-refractivity contribution in [2.75, 3.05) is 0 Å². The molecule has 0 bridgehead atoms. The first-order valence-electron chi connectivity index (χ1n) is 7.10. The van der Waals surface area contributed by atoms with E-state index in [0.717, 1.165) is 0 Å². The Morgan fingerprint density at radius 2 is 1.91 bits per heavy atom. The first-order valence-corrected chi connectivity index (χ1v) is 7.10. The fraction of sp³-hybridized carbons (Fsp3) is 0.118. The summed E-state index contributed by atoms with van der Waals surface area (Å²) in [5.74, 6) is -0.247. The summed E-state index contributed by atoms with van der Waals surface area (Å²) in [5.41, 5.74) is 0.620. The Morgan fingerprint density at radius 3 is 2.57 bits per heavy atom. The summed E-state index contributed by atoms with van der Waals surface area (Å²) < 4.78 is 16.0. The third kappa shape index (κ3) is 3.11. The fourth-order valence-corrected chi connectivity index (χ4v) is 2.35. The molecule has 0 aliphatic heterocycles. The number of aromatic nitrogens is 3. The van der Waals surface area contributed by atoms with E-state index in [1.807, 2.05) is 0 Å². The summed E-state index contributed by atoms with van der Waals surface area (Å²) >= 11 is 0. The molecule has 2 heterocycles. The second-order valence-corrected chi connectivity index (χ2v) is 5.04. The number of rotatable bonds is 4. The lowest BCUT2D eigenvalue weighted by Crippen LogP contribution is -2.32. The highest BCUT2D eigenvalue weighted by molar-refractivity contribution is 5.92. The van der Waals surface area contributed by atoms with Crippen LogP contribution in [0.2, 0.25) is 0 Å². The number of pyridine rings is 1. The number of imidazole rings is 1. The number of hydrogen-bond acceptors (Lipinski definition) is 3. The smallest absolute Gasteiger partial charge is 0.270 e. The molecule has 1 atom stereocenters. The van der Waals surface area contributed by atoms with Crippen LogP contribution in [-0.2, 0) is 7.05 Å². The van der Waals surface area contributed by atoms with Crippen molar-refractivity contribution in [3.63, 3.8) is 0 Å². The van der Waals surface area contributed by atoms with Crippen molar-refractivity contribution in [1.82, 2.24) is 19.9 Å². The molecule has 0 aliphatic carbocycles. The van der Waals surface area contributed by atoms with E-state index < -0.39 is 11.9 Å². The SMILES string of the molecule is Cn1ccnc1[C@H](NC(=O)c1ccccn1)c1ccccc1F. The maximum absolute atomic E-state index is 14.2. The number of halogens is 1. The van der Waals surface area contributed by atoms with Gasteiger partial charge >= 0.3 is 0 Å². The van der Waals surface area contributed by atoms with Gasteiger partial charge in [0.1, 0.15) is 23.4 Å². The van der Waals surface area contributed by atoms with Crippen molar-refractivity contribution in [3.05, 3.63) is 84.0 Å². The molecule has 1 amide bonds. The van der Waals surface area contributed by atoms with Gasteiger partial charge in [-0.25, -0.2) is 9.37 Å². The van der Waals surface area contributed by atoms with E-state index in [0.29, 0.717) is 11.4 Å². The molecule has 0 spiro atoms. The molecular formula is C17H15FN4O. The molecule has 0 radical (unpaired) electrons. The summed E-state index contributed by atoms with van der Waals surface area (Å²) in [4.78, 5) is 20.7. The highest BCUT2D eigenvalue weighted by atomic mass is 19.1. The average Bonchev–Trinajstić information content (AvgIpc) is 3.00. The number of carbonyl (C=O) groups excluding carboxylic acids is 1. The first kappa shape index (κ1) is 14.9. The maximum atomic E-state index is 14.2. The number of amides is 1. The molecule has 0 saturated heterocycles. The minimum absolute atomic E-state index is 0.267. The zero-order valence-corrected chi connectivity index (χ0v) is 12.5. The van der Waals surface area contributed by atoms with Crippen LogP contribution in [-0.4, -0.2) is 20.4 Å². The van der Waals surface area contributed by atoms with E-state index in [4.69, 9.17) is 0 Å². The lowest BCUT2D eigenvalue weighted by Gasteiger charge is -2.19. The van der Waals surface area contributed by atoms with Gasteiger partial charge in [-0.3, -0.25) is 9.78 Å². The molecular weight excluding hydrogens is 295 g/mol. The number of aryl methyl sites for hydroxylation is 1. The van der Waals surface area contributed by atoms with E-state index in [9.17, 15) is 9.18 Å². The average molecular weight is 310 g/mol. The fourth-order valence-electron chi connectivity index (χ4n) is 2.35. The number of carbonyl (C=O) groups is 1. The highest BCUT2D eigenvalue weighted by Gasteiger charge is 2.24. The van der Waals surface area contributed by atoms with Crippen LogP contribution < -0.4 is 5.32 Å². The third-order valence-corrected chi connectivity index (χ3v) is 3.51. The highest BCUT2D eigenvalue weighted by Crippen LogP contribution is 2.23. The standard InChI is InChI=1S/C17H15FN4O/c1-22-11-10-20-16(22)15(12-6-2-3-7-13(12)18)21-17(23)14-8-4-5-9-19-14/h2-11,15H,1H3,(H,21,23)/t15-/m1/s1. The van der Waals surface area contributed by atoms with Gasteiger partial charge in [0, 0.05) is 31.2 Å². The second-order valence-electron chi connectivity index (χ2n) is 5.04. The van der Waals surface area contributed by atoms with Gasteiger partial charge in [-0.2, -0.15) is 0 Å². The van der Waals surface area contributed by atoms with Crippen LogP contribution in [0.25, 0.3) is 0 Å². The molecule has 23 heavy (non-hydrogen) atoms. The van der Waals surface area contributed by atoms with Gasteiger partial charge in [0.2, 0.25) is 0 Å². The van der Waals surface area contributed by atoms with Crippen molar-refractivity contribution in [1.29, 1.82) is 0 Å². The molecule has 0 saturated carbocycles. The molecule has 1 aromatic carbocycles. The zero-order chi connectivity index (χ0) is 16.2. The predicted octanol–water partition coefficient (Wildman–Crippen LogP) is 2.47. The first-order chi connectivity index (χ1) is 11.2. The normalized spacial score (nSPS) is 11.9. The van der Waals surface area contributed by atoms with Gasteiger partial charge in [0.15, 0.2) is 0 Å². The van der Waals surface area contributed by atoms with Crippen molar-refractivity contribution in [3.8, 4) is 0 Å². The van der Waals surface area contributed by atoms with E-state index in [1.54, 1.807) is 60.4 Å². The van der Waals surface area contributed by atoms with Gasteiger partial charge in [-0.05, 0) is 18.2 Å². The monoisotopic (exact) mass is 310 g/mol. The summed E-state index contributed by atoms with van der Waals surface area (Å²) in [6.07, 6.45) is 4.89. The molecule has 116 valence electrons. The minimum atomic E-state index is -0.703. The Bertz CT molecular complexity index is 816. The summed E-state index contributed by atoms with van der Waals surface area (Å²) in [5, 5.41) is 2.81. The van der Waals surface area contributed by atoms with Crippen LogP contribution in [0.4, 0.5) is 4.39 Å². The van der Waals surface area contributed by atoms with Crippen molar-refractivity contribution < 1.29 is 9.18 Å². The Labute approximate surface area is 132 Å². The Balaban J connectivity index is 1.98. The third-order valence-electron chi connectivity index (χ3n) is 3.51. The van der Waals surface area contributed by atoms with Crippen LogP contribution >= 0.6 is 0 Å². The van der Waals surface area contributed by atoms with E-state index in [-0.39, 0.29) is 11.6 Å². The molecule has 2 aromatic heterocycles. The van der Waals surface area contributed by atoms with Crippen LogP contribution in [0.1, 0.15) is 27.9 Å². The second kappa shape index (κ2) is 6.39. The summed E-state index contributed by atoms with van der Waals surface area (Å²) in [6, 6.07) is 10.7. The van der Waals surface area contributed by atoms with Crippen molar-refractivity contribution >= 4 is 5.91 Å². The van der Waals surface area contributed by atoms with Crippen LogP contribution in [0.5, 0.6) is 0 Å². The lowest BCUT2D eigenvalue weighted by molar-refractivity contribution is 0.0935. The maximum Gasteiger partial charge on any atom is 0.270 e. The molecule has 1 N–H and O–H groups in total. The van der Waals surface area contributed by atoms with E-state index in [2.05, 4.69) is 15.3 Å². The van der Waals surface area contributed by atoms with Crippen LogP contribution in [0.15, 0.2) is 61.1 Å². The van der Waals surface area contributed by atoms with Crippen LogP contribution in [0, 0.1) is 5.82 Å². The summed E-state index contributed by atoms with van der Waals surface area (Å²) in [7, 11) is 1.79. The Hall–Kier alpha value is -3.02. The molecule has 0 fully saturated rings. The molecule has 6 heteroatoms. The van der Waals surface area contributed by atoms with E-state index >= 15 is 0 Å². The topological polar surface area (TPSA) is 59.8 Å². The quantitative estimate of drug-likeness (QED) is 0.805. The largest absolute Gasteiger partial charge is 0.337 e. The number of nitrogens with zero attached hydrogens (tertiary/aromatic N) is 3. The minimum Gasteiger partial charge on any atom is -0.337 e. The molecule has 3 rings (SSSR count). The Kier molecular flexibility index (Phi) is 4.14. The molecule has 0 unspecified atom stereocenters. The lowest BCUT2D eigenvalue weighted by atomic mass is 10.1. The van der Waals surface area contributed by atoms with Crippen LogP contribution in [0.3, 0.4) is 0 Å². The van der Waals surface area contributed by atoms with Gasteiger partial charge in [0.05, 0.1) is 0 Å². The number of nitrogens with one attached hydrogen (secondary N) is 1. The number of hydrogen-bond donors (Lipinski definition) is 1. The Morgan fingerprint density at radius 1 is 1.13 bits per heavy atom. The van der Waals surface area contributed by atoms with Gasteiger partial charge in [-0.1, -0.05) is 24.3 Å². The van der Waals surface area contributed by atoms with Crippen molar-refractivity contribution in [2.24, 2.45) is 7.05 Å². The van der Waals surface area contributed by atoms with E-state index in [1.165, 1.54) is 12.3 Å². The molecule has 0 aliphatic rings. The molecule has 5 nitrogen and oxygen atoms in total. The van der Waals surface area contributed by atoms with Gasteiger partial charge in [-0.15, -0.1) is 0 Å². The van der Waals surface area contributed by atoms with Gasteiger partial charge < -0.3 is 9.88 Å². The zero-order valence-electron chi connectivity index (χ0n) is 12.5. The molecule has 3 aromatic rings. The predicted molar refractivity (Wildman–Crippen MR) is 83.2 cm³/mol. The van der Waals surface area contributed by atoms with Gasteiger partial charge in [0.25, 0.3) is 5.91 Å².